The van der Waals surface area contributed by atoms with Gasteiger partial charge >= 0.3 is 5.97 Å². The molecule has 0 aliphatic carbocycles. The van der Waals surface area contributed by atoms with E-state index in [9.17, 15) is 9.18 Å². The summed E-state index contributed by atoms with van der Waals surface area (Å²) in [6.07, 6.45) is 1.55. The number of nitrogens with one attached hydrogen (secondary N) is 2. The Morgan fingerprint density at radius 2 is 2.00 bits per heavy atom. The number of carbonyl (C=O) groups is 1. The zero-order valence-corrected chi connectivity index (χ0v) is 13.4. The molecule has 4 nitrogen and oxygen atoms in total. The van der Waals surface area contributed by atoms with Gasteiger partial charge in [-0.2, -0.15) is 0 Å². The van der Waals surface area contributed by atoms with Gasteiger partial charge in [-0.05, 0) is 43.3 Å². The van der Waals surface area contributed by atoms with E-state index in [0.717, 1.165) is 17.7 Å². The van der Waals surface area contributed by atoms with Crippen LogP contribution in [-0.4, -0.2) is 17.7 Å². The monoisotopic (exact) mass is 322 g/mol. The second-order valence-electron chi connectivity index (χ2n) is 4.95. The van der Waals surface area contributed by atoms with E-state index in [4.69, 9.17) is 17.0 Å². The molecule has 2 rings (SSSR count). The Kier molecular flexibility index (Phi) is 5.49. The molecule has 0 spiro atoms. The Labute approximate surface area is 134 Å². The van der Waals surface area contributed by atoms with Crippen molar-refractivity contribution in [3.8, 4) is 0 Å². The number of ether oxygens (including phenoxy) is 1. The number of benzene rings is 1. The Morgan fingerprint density at radius 1 is 1.32 bits per heavy atom. The highest BCUT2D eigenvalue weighted by Crippen LogP contribution is 2.29. The average Bonchev–Trinajstić information content (AvgIpc) is 2.48. The average molecular weight is 322 g/mol. The zero-order chi connectivity index (χ0) is 16.1. The second-order valence-corrected chi connectivity index (χ2v) is 5.35. The molecule has 0 amide bonds. The number of rotatable bonds is 5. The predicted molar refractivity (Wildman–Crippen MR) is 86.6 cm³/mol. The van der Waals surface area contributed by atoms with Crippen molar-refractivity contribution in [1.82, 2.24) is 10.6 Å². The minimum absolute atomic E-state index is 0.294. The van der Waals surface area contributed by atoms with E-state index in [1.165, 1.54) is 12.1 Å². The van der Waals surface area contributed by atoms with Gasteiger partial charge in [-0.1, -0.05) is 25.5 Å². The third kappa shape index (κ3) is 3.62. The number of halogens is 1. The Balaban J connectivity index is 2.47. The van der Waals surface area contributed by atoms with Crippen LogP contribution < -0.4 is 10.6 Å². The molecule has 1 aromatic rings. The number of carbonyl (C=O) groups excluding carboxylic acids is 1. The molecule has 0 saturated carbocycles. The van der Waals surface area contributed by atoms with Crippen LogP contribution in [0.15, 0.2) is 35.5 Å². The van der Waals surface area contributed by atoms with Crippen LogP contribution in [0, 0.1) is 5.82 Å². The molecular formula is C16H19FN2O2S. The molecule has 1 aliphatic rings. The Hall–Kier alpha value is -1.95. The molecule has 1 unspecified atom stereocenters. The largest absolute Gasteiger partial charge is 0.463 e. The molecule has 0 bridgehead atoms. The van der Waals surface area contributed by atoms with Crippen LogP contribution in [0.25, 0.3) is 0 Å². The summed E-state index contributed by atoms with van der Waals surface area (Å²) in [6.45, 7) is 4.08. The lowest BCUT2D eigenvalue weighted by Crippen LogP contribution is -2.45. The van der Waals surface area contributed by atoms with Crippen LogP contribution in [0.1, 0.15) is 38.3 Å². The van der Waals surface area contributed by atoms with Gasteiger partial charge < -0.3 is 15.4 Å². The van der Waals surface area contributed by atoms with Crippen molar-refractivity contribution in [2.75, 3.05) is 6.61 Å². The Bertz CT molecular complexity index is 599. The number of thiocarbonyl (C=S) groups is 1. The first-order valence-electron chi connectivity index (χ1n) is 7.30. The van der Waals surface area contributed by atoms with Crippen molar-refractivity contribution < 1.29 is 13.9 Å². The van der Waals surface area contributed by atoms with Crippen molar-refractivity contribution in [3.05, 3.63) is 46.9 Å². The number of hydrogen-bond acceptors (Lipinski definition) is 3. The van der Waals surface area contributed by atoms with Crippen molar-refractivity contribution in [1.29, 1.82) is 0 Å². The Morgan fingerprint density at radius 3 is 2.59 bits per heavy atom. The molecule has 0 saturated heterocycles. The van der Waals surface area contributed by atoms with E-state index in [1.807, 2.05) is 6.92 Å². The molecule has 0 radical (unpaired) electrons. The summed E-state index contributed by atoms with van der Waals surface area (Å²) in [5.41, 5.74) is 2.03. The van der Waals surface area contributed by atoms with Gasteiger partial charge in [0, 0.05) is 5.70 Å². The molecular weight excluding hydrogens is 303 g/mol. The lowest BCUT2D eigenvalue weighted by atomic mass is 9.94. The van der Waals surface area contributed by atoms with E-state index in [1.54, 1.807) is 19.1 Å². The second kappa shape index (κ2) is 7.35. The topological polar surface area (TPSA) is 50.4 Å². The summed E-state index contributed by atoms with van der Waals surface area (Å²) in [5.74, 6) is -0.710. The smallest absolute Gasteiger partial charge is 0.338 e. The highest BCUT2D eigenvalue weighted by atomic mass is 32.1. The van der Waals surface area contributed by atoms with E-state index < -0.39 is 6.04 Å². The summed E-state index contributed by atoms with van der Waals surface area (Å²) in [6, 6.07) is 5.58. The maximum atomic E-state index is 13.1. The molecule has 1 atom stereocenters. The standard InChI is InChI=1S/C16H19FN2O2S/c1-3-5-12-13(15(20)21-4-2)14(19-16(22)18-12)10-6-8-11(17)9-7-10/h6-9,14H,3-5H2,1-2H3,(H2,18,19,22). The molecule has 1 aliphatic heterocycles. The number of hydrogen-bond donors (Lipinski definition) is 2. The maximum absolute atomic E-state index is 13.1. The van der Waals surface area contributed by atoms with Gasteiger partial charge in [-0.3, -0.25) is 0 Å². The highest BCUT2D eigenvalue weighted by molar-refractivity contribution is 7.80. The first-order chi connectivity index (χ1) is 10.6. The highest BCUT2D eigenvalue weighted by Gasteiger charge is 2.31. The third-order valence-electron chi connectivity index (χ3n) is 3.35. The molecule has 6 heteroatoms. The van der Waals surface area contributed by atoms with Crippen LogP contribution >= 0.6 is 12.2 Å². The van der Waals surface area contributed by atoms with Crippen molar-refractivity contribution in [3.63, 3.8) is 0 Å². The van der Waals surface area contributed by atoms with Crippen LogP contribution in [0.5, 0.6) is 0 Å². The van der Waals surface area contributed by atoms with E-state index in [-0.39, 0.29) is 11.8 Å². The summed E-state index contributed by atoms with van der Waals surface area (Å²) in [4.78, 5) is 12.4. The first kappa shape index (κ1) is 16.4. The van der Waals surface area contributed by atoms with Crippen LogP contribution in [-0.2, 0) is 9.53 Å². The number of esters is 1. The van der Waals surface area contributed by atoms with Gasteiger partial charge in [0.25, 0.3) is 0 Å². The third-order valence-corrected chi connectivity index (χ3v) is 3.57. The summed E-state index contributed by atoms with van der Waals surface area (Å²) in [5, 5.41) is 6.56. The maximum Gasteiger partial charge on any atom is 0.338 e. The van der Waals surface area contributed by atoms with Gasteiger partial charge in [-0.15, -0.1) is 0 Å². The van der Waals surface area contributed by atoms with E-state index >= 15 is 0 Å². The van der Waals surface area contributed by atoms with Gasteiger partial charge in [-0.25, -0.2) is 9.18 Å². The molecule has 0 aromatic heterocycles. The minimum Gasteiger partial charge on any atom is -0.463 e. The quantitative estimate of drug-likeness (QED) is 0.645. The molecule has 2 N–H and O–H groups in total. The number of allylic oxidation sites excluding steroid dienone is 1. The van der Waals surface area contributed by atoms with Gasteiger partial charge in [0.05, 0.1) is 18.2 Å². The molecule has 118 valence electrons. The molecule has 0 fully saturated rings. The van der Waals surface area contributed by atoms with E-state index in [0.29, 0.717) is 23.7 Å². The lowest BCUT2D eigenvalue weighted by molar-refractivity contribution is -0.139. The van der Waals surface area contributed by atoms with Gasteiger partial charge in [0.2, 0.25) is 0 Å². The van der Waals surface area contributed by atoms with Crippen molar-refractivity contribution in [2.24, 2.45) is 0 Å². The fourth-order valence-electron chi connectivity index (χ4n) is 2.42. The molecule has 22 heavy (non-hydrogen) atoms. The van der Waals surface area contributed by atoms with Crippen molar-refractivity contribution in [2.45, 2.75) is 32.7 Å². The van der Waals surface area contributed by atoms with Crippen molar-refractivity contribution >= 4 is 23.3 Å². The molecule has 1 heterocycles. The zero-order valence-electron chi connectivity index (χ0n) is 12.6. The normalized spacial score (nSPS) is 17.8. The van der Waals surface area contributed by atoms with Crippen LogP contribution in [0.4, 0.5) is 4.39 Å². The SMILES string of the molecule is CCCC1=C(C(=O)OCC)C(c2ccc(F)cc2)NC(=S)N1. The van der Waals surface area contributed by atoms with E-state index in [2.05, 4.69) is 10.6 Å². The lowest BCUT2D eigenvalue weighted by Gasteiger charge is -2.31. The first-order valence-corrected chi connectivity index (χ1v) is 7.70. The predicted octanol–water partition coefficient (Wildman–Crippen LogP) is 2.96. The fourth-order valence-corrected chi connectivity index (χ4v) is 2.66. The molecule has 1 aromatic carbocycles. The van der Waals surface area contributed by atoms with Crippen LogP contribution in [0.3, 0.4) is 0 Å². The van der Waals surface area contributed by atoms with Gasteiger partial charge in [0.15, 0.2) is 5.11 Å². The van der Waals surface area contributed by atoms with Gasteiger partial charge in [0.1, 0.15) is 5.82 Å². The summed E-state index contributed by atoms with van der Waals surface area (Å²) in [7, 11) is 0. The fraction of sp³-hybridized carbons (Fsp3) is 0.375. The van der Waals surface area contributed by atoms with Crippen LogP contribution in [0.2, 0.25) is 0 Å². The summed E-state index contributed by atoms with van der Waals surface area (Å²) >= 11 is 5.22. The minimum atomic E-state index is -0.435. The summed E-state index contributed by atoms with van der Waals surface area (Å²) < 4.78 is 18.3.